The minimum absolute atomic E-state index is 0.244. The lowest BCUT2D eigenvalue weighted by Crippen LogP contribution is -2.29. The smallest absolute Gasteiger partial charge is 0.271 e. The number of aromatic nitrogens is 4. The number of fused-ring (bicyclic) bond motifs is 2. The molecule has 6 rings (SSSR count). The van der Waals surface area contributed by atoms with Crippen molar-refractivity contribution in [2.24, 2.45) is 0 Å². The second-order valence-corrected chi connectivity index (χ2v) is 11.0. The molecule has 0 radical (unpaired) electrons. The summed E-state index contributed by atoms with van der Waals surface area (Å²) < 4.78 is 56.0. The summed E-state index contributed by atoms with van der Waals surface area (Å²) in [5.41, 5.74) is 1.22. The predicted molar refractivity (Wildman–Crippen MR) is 135 cm³/mol. The van der Waals surface area contributed by atoms with E-state index in [2.05, 4.69) is 20.3 Å². The third kappa shape index (κ3) is 4.05. The maximum absolute atomic E-state index is 14.5. The number of sulfone groups is 1. The number of pyridine rings is 1. The van der Waals surface area contributed by atoms with Gasteiger partial charge in [-0.05, 0) is 55.3 Å². The molecule has 0 aliphatic heterocycles. The van der Waals surface area contributed by atoms with Crippen LogP contribution < -0.4 is 10.9 Å². The summed E-state index contributed by atoms with van der Waals surface area (Å²) >= 11 is 0. The van der Waals surface area contributed by atoms with Crippen LogP contribution in [0.25, 0.3) is 21.9 Å². The quantitative estimate of drug-likeness (QED) is 0.306. The molecule has 1 aliphatic rings. The van der Waals surface area contributed by atoms with Gasteiger partial charge in [0.05, 0.1) is 0 Å². The monoisotopic (exact) mass is 521 g/mol. The molecule has 1 saturated carbocycles. The Bertz CT molecular complexity index is 1840. The van der Waals surface area contributed by atoms with Crippen LogP contribution in [0.4, 0.5) is 20.4 Å². The largest absolute Gasteiger partial charge is 0.361 e. The topological polar surface area (TPSA) is 110 Å². The van der Waals surface area contributed by atoms with Gasteiger partial charge in [0.25, 0.3) is 5.56 Å². The van der Waals surface area contributed by atoms with Crippen LogP contribution in [0.3, 0.4) is 0 Å². The van der Waals surface area contributed by atoms with Crippen LogP contribution in [0.1, 0.15) is 31.7 Å². The summed E-state index contributed by atoms with van der Waals surface area (Å²) in [6, 6.07) is 10.7. The molecular weight excluding hydrogens is 500 g/mol. The van der Waals surface area contributed by atoms with E-state index in [1.165, 1.54) is 10.8 Å². The van der Waals surface area contributed by atoms with Gasteiger partial charge in [-0.3, -0.25) is 9.36 Å². The fourth-order valence-corrected chi connectivity index (χ4v) is 6.33. The van der Waals surface area contributed by atoms with Crippen LogP contribution in [0.5, 0.6) is 0 Å². The molecule has 188 valence electrons. The standard InChI is InChI=1S/C26H21F2N5O3S/c27-17-5-8-22(20(28)13-17)37(35,36)23-12-16-14-30-26(31-18-6-7-21-15(11-18)9-10-29-21)32-24(16)33(25(23)34)19-3-1-2-4-19/h5-14,19,29H,1-4H2,(H,30,31,32). The van der Waals surface area contributed by atoms with Crippen LogP contribution in [-0.4, -0.2) is 27.9 Å². The first-order valence-electron chi connectivity index (χ1n) is 11.8. The highest BCUT2D eigenvalue weighted by atomic mass is 32.2. The molecule has 3 aromatic heterocycles. The lowest BCUT2D eigenvalue weighted by molar-refractivity contribution is 0.507. The first-order valence-corrected chi connectivity index (χ1v) is 13.3. The predicted octanol–water partition coefficient (Wildman–Crippen LogP) is 5.24. The Labute approximate surface area is 209 Å². The number of halogens is 2. The summed E-state index contributed by atoms with van der Waals surface area (Å²) in [6.07, 6.45) is 6.40. The first kappa shape index (κ1) is 23.3. The van der Waals surface area contributed by atoms with Crippen molar-refractivity contribution in [3.05, 3.63) is 82.9 Å². The molecule has 1 aliphatic carbocycles. The van der Waals surface area contributed by atoms with Crippen LogP contribution in [0.15, 0.2) is 75.5 Å². The second-order valence-electron chi connectivity index (χ2n) is 9.08. The molecule has 11 heteroatoms. The maximum atomic E-state index is 14.5. The van der Waals surface area contributed by atoms with Gasteiger partial charge in [0.2, 0.25) is 15.8 Å². The van der Waals surface area contributed by atoms with Gasteiger partial charge in [-0.2, -0.15) is 4.98 Å². The summed E-state index contributed by atoms with van der Waals surface area (Å²) in [7, 11) is -4.58. The number of hydrogen-bond acceptors (Lipinski definition) is 6. The van der Waals surface area contributed by atoms with E-state index in [0.29, 0.717) is 24.3 Å². The van der Waals surface area contributed by atoms with Crippen LogP contribution in [-0.2, 0) is 9.84 Å². The zero-order valence-corrected chi connectivity index (χ0v) is 20.2. The summed E-state index contributed by atoms with van der Waals surface area (Å²) in [5.74, 6) is -1.93. The van der Waals surface area contributed by atoms with Crippen LogP contribution in [0, 0.1) is 11.6 Å². The highest BCUT2D eigenvalue weighted by molar-refractivity contribution is 7.91. The zero-order valence-electron chi connectivity index (χ0n) is 19.4. The molecule has 0 bridgehead atoms. The lowest BCUT2D eigenvalue weighted by Gasteiger charge is -2.18. The number of hydrogen-bond donors (Lipinski definition) is 2. The fraction of sp³-hybridized carbons (Fsp3) is 0.192. The highest BCUT2D eigenvalue weighted by Gasteiger charge is 2.30. The van der Waals surface area contributed by atoms with Gasteiger partial charge >= 0.3 is 0 Å². The van der Waals surface area contributed by atoms with E-state index in [1.807, 2.05) is 30.5 Å². The van der Waals surface area contributed by atoms with Gasteiger partial charge in [-0.25, -0.2) is 22.2 Å². The molecule has 2 N–H and O–H groups in total. The normalized spacial score (nSPS) is 14.5. The number of anilines is 2. The molecule has 8 nitrogen and oxygen atoms in total. The van der Waals surface area contributed by atoms with Crippen molar-refractivity contribution >= 4 is 43.4 Å². The minimum Gasteiger partial charge on any atom is -0.361 e. The van der Waals surface area contributed by atoms with Crippen LogP contribution in [0.2, 0.25) is 0 Å². The average Bonchev–Trinajstić information content (AvgIpc) is 3.55. The number of nitrogens with one attached hydrogen (secondary N) is 2. The Morgan fingerprint density at radius 2 is 1.78 bits per heavy atom. The van der Waals surface area contributed by atoms with Crippen LogP contribution >= 0.6 is 0 Å². The second kappa shape index (κ2) is 8.77. The van der Waals surface area contributed by atoms with E-state index >= 15 is 0 Å². The van der Waals surface area contributed by atoms with Crippen molar-refractivity contribution in [1.82, 2.24) is 19.5 Å². The fourth-order valence-electron chi connectivity index (χ4n) is 4.92. The Kier molecular flexibility index (Phi) is 5.52. The van der Waals surface area contributed by atoms with E-state index in [1.54, 1.807) is 0 Å². The molecule has 0 amide bonds. The van der Waals surface area contributed by atoms with Gasteiger partial charge < -0.3 is 10.3 Å². The van der Waals surface area contributed by atoms with E-state index in [9.17, 15) is 22.0 Å². The Morgan fingerprint density at radius 3 is 2.57 bits per heavy atom. The molecule has 0 saturated heterocycles. The van der Waals surface area contributed by atoms with Crippen molar-refractivity contribution in [2.45, 2.75) is 41.5 Å². The Balaban J connectivity index is 1.50. The number of H-pyrrole nitrogens is 1. The Hall–Kier alpha value is -4.12. The van der Waals surface area contributed by atoms with Gasteiger partial charge in [0.15, 0.2) is 0 Å². The molecule has 2 aromatic carbocycles. The molecule has 5 aromatic rings. The summed E-state index contributed by atoms with van der Waals surface area (Å²) in [4.78, 5) is 24.3. The highest BCUT2D eigenvalue weighted by Crippen LogP contribution is 2.32. The van der Waals surface area contributed by atoms with Crippen molar-refractivity contribution in [3.8, 4) is 0 Å². The number of aromatic amines is 1. The SMILES string of the molecule is O=c1c(S(=O)(=O)c2ccc(F)cc2F)cc2cnc(Nc3ccc4[nH]ccc4c3)nc2n1C1CCCC1. The Morgan fingerprint density at radius 1 is 0.973 bits per heavy atom. The number of benzene rings is 2. The molecule has 1 fully saturated rings. The van der Waals surface area contributed by atoms with Crippen molar-refractivity contribution in [1.29, 1.82) is 0 Å². The zero-order chi connectivity index (χ0) is 25.7. The van der Waals surface area contributed by atoms with Crippen molar-refractivity contribution < 1.29 is 17.2 Å². The van der Waals surface area contributed by atoms with E-state index in [0.717, 1.165) is 47.6 Å². The summed E-state index contributed by atoms with van der Waals surface area (Å²) in [5, 5.41) is 4.46. The molecule has 37 heavy (non-hydrogen) atoms. The molecular formula is C26H21F2N5O3S. The molecule has 0 unspecified atom stereocenters. The maximum Gasteiger partial charge on any atom is 0.271 e. The molecule has 3 heterocycles. The summed E-state index contributed by atoms with van der Waals surface area (Å²) in [6.45, 7) is 0. The molecule has 0 atom stereocenters. The third-order valence-electron chi connectivity index (χ3n) is 6.71. The van der Waals surface area contributed by atoms with Gasteiger partial charge in [0, 0.05) is 46.5 Å². The van der Waals surface area contributed by atoms with Gasteiger partial charge in [0.1, 0.15) is 27.1 Å². The number of rotatable bonds is 5. The van der Waals surface area contributed by atoms with Crippen molar-refractivity contribution in [2.75, 3.05) is 5.32 Å². The van der Waals surface area contributed by atoms with E-state index < -0.39 is 36.8 Å². The third-order valence-corrected chi connectivity index (χ3v) is 8.49. The molecule has 0 spiro atoms. The number of nitrogens with zero attached hydrogens (tertiary/aromatic N) is 3. The lowest BCUT2D eigenvalue weighted by atomic mass is 10.2. The van der Waals surface area contributed by atoms with Gasteiger partial charge in [-0.1, -0.05) is 12.8 Å². The average molecular weight is 522 g/mol. The first-order chi connectivity index (χ1) is 17.8. The van der Waals surface area contributed by atoms with E-state index in [4.69, 9.17) is 0 Å². The van der Waals surface area contributed by atoms with E-state index in [-0.39, 0.29) is 17.6 Å². The minimum atomic E-state index is -4.58. The van der Waals surface area contributed by atoms with Gasteiger partial charge in [-0.15, -0.1) is 0 Å². The van der Waals surface area contributed by atoms with Crippen molar-refractivity contribution in [3.63, 3.8) is 0 Å².